The summed E-state index contributed by atoms with van der Waals surface area (Å²) in [6, 6.07) is 11.2. The molecule has 1 aromatic carbocycles. The van der Waals surface area contributed by atoms with E-state index < -0.39 is 0 Å². The Kier molecular flexibility index (Phi) is 3.43. The molecule has 0 aromatic heterocycles. The van der Waals surface area contributed by atoms with Crippen LogP contribution in [0.5, 0.6) is 0 Å². The number of rotatable bonds is 3. The van der Waals surface area contributed by atoms with Crippen LogP contribution in [0.3, 0.4) is 0 Å². The number of ether oxygens (including phenoxy) is 1. The van der Waals surface area contributed by atoms with Crippen molar-refractivity contribution in [2.45, 2.75) is 37.3 Å². The first-order valence-electron chi connectivity index (χ1n) is 7.93. The molecule has 0 amide bonds. The molecule has 4 heteroatoms. The van der Waals surface area contributed by atoms with Gasteiger partial charge in [-0.3, -0.25) is 4.90 Å². The topological polar surface area (TPSA) is 34.1 Å². The summed E-state index contributed by atoms with van der Waals surface area (Å²) >= 11 is 0. The molecule has 4 nitrogen and oxygen atoms in total. The van der Waals surface area contributed by atoms with Crippen LogP contribution in [0.4, 0.5) is 0 Å². The lowest BCUT2D eigenvalue weighted by Crippen LogP contribution is -2.55. The average molecular weight is 286 g/mol. The van der Waals surface area contributed by atoms with Crippen molar-refractivity contribution in [1.29, 1.82) is 0 Å². The minimum absolute atomic E-state index is 0.0226. The second-order valence-electron chi connectivity index (χ2n) is 6.50. The third-order valence-electron chi connectivity index (χ3n) is 4.99. The summed E-state index contributed by atoms with van der Waals surface area (Å²) in [6.07, 6.45) is 4.09. The molecule has 2 fully saturated rings. The van der Waals surface area contributed by atoms with Crippen LogP contribution < -0.4 is 0 Å². The number of hydrogen-bond donors (Lipinski definition) is 0. The monoisotopic (exact) mass is 286 g/mol. The van der Waals surface area contributed by atoms with E-state index in [-0.39, 0.29) is 5.60 Å². The molecule has 1 spiro atoms. The second kappa shape index (κ2) is 5.43. The van der Waals surface area contributed by atoms with E-state index in [9.17, 15) is 0 Å². The molecule has 0 saturated carbocycles. The van der Waals surface area contributed by atoms with Gasteiger partial charge in [0.1, 0.15) is 5.60 Å². The molecule has 0 N–H and O–H groups in total. The Hall–Kier alpha value is -1.39. The highest BCUT2D eigenvalue weighted by Crippen LogP contribution is 2.36. The smallest absolute Gasteiger partial charge is 0.145 e. The Morgan fingerprint density at radius 1 is 1.14 bits per heavy atom. The van der Waals surface area contributed by atoms with Crippen LogP contribution in [0.1, 0.15) is 24.8 Å². The third-order valence-corrected chi connectivity index (χ3v) is 4.99. The maximum Gasteiger partial charge on any atom is 0.145 e. The molecule has 0 radical (unpaired) electrons. The number of nitrogens with zero attached hydrogens (tertiary/aromatic N) is 2. The van der Waals surface area contributed by atoms with Gasteiger partial charge in [-0.05, 0) is 5.56 Å². The minimum Gasteiger partial charge on any atom is -0.389 e. The van der Waals surface area contributed by atoms with Gasteiger partial charge in [-0.1, -0.05) is 35.5 Å². The molecule has 0 aliphatic carbocycles. The van der Waals surface area contributed by atoms with E-state index in [1.165, 1.54) is 11.3 Å². The van der Waals surface area contributed by atoms with E-state index in [1.807, 2.05) is 0 Å². The van der Waals surface area contributed by atoms with Gasteiger partial charge in [0.2, 0.25) is 0 Å². The normalized spacial score (nSPS) is 25.4. The van der Waals surface area contributed by atoms with Crippen LogP contribution in [0.25, 0.3) is 0 Å². The van der Waals surface area contributed by atoms with Crippen molar-refractivity contribution in [2.75, 3.05) is 26.3 Å². The number of likely N-dealkylation sites (tertiary alicyclic amines) is 1. The average Bonchev–Trinajstić information content (AvgIpc) is 2.84. The summed E-state index contributed by atoms with van der Waals surface area (Å²) in [7, 11) is 0. The molecule has 2 saturated heterocycles. The third kappa shape index (κ3) is 2.70. The van der Waals surface area contributed by atoms with E-state index in [0.29, 0.717) is 6.04 Å². The van der Waals surface area contributed by atoms with Crippen molar-refractivity contribution in [3.8, 4) is 0 Å². The van der Waals surface area contributed by atoms with Gasteiger partial charge in [0.05, 0.1) is 25.0 Å². The number of oxime groups is 1. The van der Waals surface area contributed by atoms with Crippen molar-refractivity contribution in [3.63, 3.8) is 0 Å². The molecular weight excluding hydrogens is 264 g/mol. The van der Waals surface area contributed by atoms with Gasteiger partial charge in [-0.25, -0.2) is 0 Å². The van der Waals surface area contributed by atoms with Crippen molar-refractivity contribution in [3.05, 3.63) is 35.9 Å². The molecule has 4 rings (SSSR count). The zero-order chi connectivity index (χ0) is 14.1. The van der Waals surface area contributed by atoms with Gasteiger partial charge < -0.3 is 9.57 Å². The zero-order valence-corrected chi connectivity index (χ0v) is 12.3. The number of benzene rings is 1. The fourth-order valence-corrected chi connectivity index (χ4v) is 3.52. The highest BCUT2D eigenvalue weighted by atomic mass is 16.7. The van der Waals surface area contributed by atoms with Crippen molar-refractivity contribution in [1.82, 2.24) is 4.90 Å². The van der Waals surface area contributed by atoms with Crippen molar-refractivity contribution in [2.24, 2.45) is 5.16 Å². The first kappa shape index (κ1) is 13.3. The lowest BCUT2D eigenvalue weighted by Gasteiger charge is -2.43. The van der Waals surface area contributed by atoms with E-state index in [1.54, 1.807) is 0 Å². The number of hydrogen-bond acceptors (Lipinski definition) is 4. The maximum atomic E-state index is 5.88. The maximum absolute atomic E-state index is 5.88. The molecule has 0 unspecified atom stereocenters. The molecule has 3 heterocycles. The van der Waals surface area contributed by atoms with Crippen molar-refractivity contribution < 1.29 is 9.57 Å². The zero-order valence-electron chi connectivity index (χ0n) is 12.3. The first-order chi connectivity index (χ1) is 10.3. The molecular formula is C17H22N2O2. The van der Waals surface area contributed by atoms with Crippen LogP contribution in [0.2, 0.25) is 0 Å². The summed E-state index contributed by atoms with van der Waals surface area (Å²) in [6.45, 7) is 4.04. The molecule has 1 aromatic rings. The van der Waals surface area contributed by atoms with Crippen LogP contribution in [-0.2, 0) is 16.0 Å². The highest BCUT2D eigenvalue weighted by molar-refractivity contribution is 5.88. The highest BCUT2D eigenvalue weighted by Gasteiger charge is 2.43. The SMILES string of the molecule is c1ccc(CC2=NOC3(CCN(C4COC4)CC3)C2)cc1. The molecule has 21 heavy (non-hydrogen) atoms. The number of piperidine rings is 1. The van der Waals surface area contributed by atoms with Gasteiger partial charge in [0.25, 0.3) is 0 Å². The summed E-state index contributed by atoms with van der Waals surface area (Å²) in [4.78, 5) is 8.42. The fourth-order valence-electron chi connectivity index (χ4n) is 3.52. The van der Waals surface area contributed by atoms with Crippen LogP contribution in [0.15, 0.2) is 35.5 Å². The van der Waals surface area contributed by atoms with E-state index in [2.05, 4.69) is 40.4 Å². The minimum atomic E-state index is -0.0226. The summed E-state index contributed by atoms with van der Waals surface area (Å²) < 4.78 is 5.29. The quantitative estimate of drug-likeness (QED) is 0.854. The predicted octanol–water partition coefficient (Wildman–Crippen LogP) is 2.24. The van der Waals surface area contributed by atoms with E-state index in [4.69, 9.17) is 9.57 Å². The standard InChI is InChI=1S/C17H22N2O2/c1-2-4-14(5-3-1)10-15-11-17(21-18-15)6-8-19(9-7-17)16-12-20-13-16/h1-5,16H,6-13H2. The molecule has 3 aliphatic rings. The summed E-state index contributed by atoms with van der Waals surface area (Å²) in [5.74, 6) is 0. The molecule has 0 bridgehead atoms. The molecule has 112 valence electrons. The fraction of sp³-hybridized carbons (Fsp3) is 0.588. The lowest BCUT2D eigenvalue weighted by atomic mass is 9.85. The first-order valence-corrected chi connectivity index (χ1v) is 7.93. The van der Waals surface area contributed by atoms with Gasteiger partial charge in [0.15, 0.2) is 0 Å². The Labute approximate surface area is 125 Å². The Balaban J connectivity index is 1.33. The second-order valence-corrected chi connectivity index (χ2v) is 6.50. The van der Waals surface area contributed by atoms with Crippen LogP contribution in [-0.4, -0.2) is 48.6 Å². The Morgan fingerprint density at radius 2 is 1.90 bits per heavy atom. The predicted molar refractivity (Wildman–Crippen MR) is 81.4 cm³/mol. The molecule has 3 aliphatic heterocycles. The summed E-state index contributed by atoms with van der Waals surface area (Å²) in [5, 5.41) is 4.39. The van der Waals surface area contributed by atoms with Gasteiger partial charge in [-0.2, -0.15) is 0 Å². The largest absolute Gasteiger partial charge is 0.389 e. The Bertz CT molecular complexity index is 517. The van der Waals surface area contributed by atoms with Crippen LogP contribution in [0, 0.1) is 0 Å². The van der Waals surface area contributed by atoms with E-state index >= 15 is 0 Å². The van der Waals surface area contributed by atoms with E-state index in [0.717, 1.165) is 52.0 Å². The van der Waals surface area contributed by atoms with Gasteiger partial charge >= 0.3 is 0 Å². The van der Waals surface area contributed by atoms with Gasteiger partial charge in [-0.15, -0.1) is 0 Å². The summed E-state index contributed by atoms with van der Waals surface area (Å²) in [5.41, 5.74) is 2.49. The molecule has 0 atom stereocenters. The van der Waals surface area contributed by atoms with Crippen molar-refractivity contribution >= 4 is 5.71 Å². The lowest BCUT2D eigenvalue weighted by molar-refractivity contribution is -0.110. The Morgan fingerprint density at radius 3 is 2.57 bits per heavy atom. The van der Waals surface area contributed by atoms with Crippen LogP contribution >= 0.6 is 0 Å². The van der Waals surface area contributed by atoms with Gasteiger partial charge in [0, 0.05) is 38.8 Å².